The van der Waals surface area contributed by atoms with Gasteiger partial charge in [-0.1, -0.05) is 19.9 Å². The minimum absolute atomic E-state index is 0.0376. The van der Waals surface area contributed by atoms with Crippen LogP contribution < -0.4 is 0 Å². The lowest BCUT2D eigenvalue weighted by Crippen LogP contribution is -2.25. The number of carbonyl (C=O) groups excluding carboxylic acids is 2. The van der Waals surface area contributed by atoms with Gasteiger partial charge < -0.3 is 4.90 Å². The summed E-state index contributed by atoms with van der Waals surface area (Å²) in [5.41, 5.74) is 1.96. The van der Waals surface area contributed by atoms with Gasteiger partial charge in [0.1, 0.15) is 0 Å². The monoisotopic (exact) mass is 219 g/mol. The van der Waals surface area contributed by atoms with Crippen LogP contribution in [0.5, 0.6) is 0 Å². The van der Waals surface area contributed by atoms with E-state index in [0.29, 0.717) is 12.3 Å². The van der Waals surface area contributed by atoms with Crippen LogP contribution in [0.2, 0.25) is 0 Å². The molecule has 0 N–H and O–H groups in total. The van der Waals surface area contributed by atoms with Gasteiger partial charge >= 0.3 is 0 Å². The highest BCUT2D eigenvalue weighted by Crippen LogP contribution is 2.37. The second kappa shape index (κ2) is 3.89. The Morgan fingerprint density at radius 2 is 2.06 bits per heavy atom. The van der Waals surface area contributed by atoms with Crippen LogP contribution in [0.15, 0.2) is 23.4 Å². The molecule has 0 bridgehead atoms. The Morgan fingerprint density at radius 1 is 1.38 bits per heavy atom. The molecule has 0 saturated heterocycles. The Balaban J connectivity index is 2.31. The topological polar surface area (TPSA) is 37.4 Å². The molecule has 0 aromatic rings. The van der Waals surface area contributed by atoms with Crippen LogP contribution in [0.3, 0.4) is 0 Å². The predicted octanol–water partition coefficient (Wildman–Crippen LogP) is 1.90. The molecule has 2 rings (SSSR count). The fraction of sp³-hybridized carbons (Fsp3) is 0.538. The quantitative estimate of drug-likeness (QED) is 0.711. The summed E-state index contributed by atoms with van der Waals surface area (Å²) in [6.07, 6.45) is 4.66. The Morgan fingerprint density at radius 3 is 2.69 bits per heavy atom. The number of allylic oxidation sites excluding steroid dienone is 3. The van der Waals surface area contributed by atoms with Gasteiger partial charge in [0.15, 0.2) is 5.78 Å². The van der Waals surface area contributed by atoms with Crippen molar-refractivity contribution in [2.24, 2.45) is 11.8 Å². The third-order valence-corrected chi connectivity index (χ3v) is 3.24. The molecule has 3 nitrogen and oxygen atoms in total. The molecule has 0 fully saturated rings. The zero-order valence-corrected chi connectivity index (χ0v) is 9.99. The normalized spacial score (nSPS) is 24.8. The van der Waals surface area contributed by atoms with Gasteiger partial charge in [-0.2, -0.15) is 0 Å². The highest BCUT2D eigenvalue weighted by atomic mass is 16.2. The number of ketones is 1. The van der Waals surface area contributed by atoms with Crippen LogP contribution in [0.1, 0.15) is 26.7 Å². The van der Waals surface area contributed by atoms with E-state index in [1.54, 1.807) is 18.0 Å². The minimum atomic E-state index is -0.0376. The van der Waals surface area contributed by atoms with Crippen LogP contribution in [0.4, 0.5) is 0 Å². The maximum absolute atomic E-state index is 12.1. The van der Waals surface area contributed by atoms with Gasteiger partial charge in [0.25, 0.3) is 0 Å². The van der Waals surface area contributed by atoms with Gasteiger partial charge in [0.2, 0.25) is 5.91 Å². The Hall–Kier alpha value is -1.38. The van der Waals surface area contributed by atoms with Gasteiger partial charge in [-0.3, -0.25) is 9.59 Å². The number of rotatable bonds is 2. The predicted molar refractivity (Wildman–Crippen MR) is 61.5 cm³/mol. The molecule has 1 aliphatic carbocycles. The molecule has 16 heavy (non-hydrogen) atoms. The summed E-state index contributed by atoms with van der Waals surface area (Å²) in [6.45, 7) is 4.23. The molecule has 0 radical (unpaired) electrons. The Labute approximate surface area is 95.8 Å². The molecular weight excluding hydrogens is 202 g/mol. The molecule has 0 aromatic heterocycles. The first kappa shape index (κ1) is 11.1. The van der Waals surface area contributed by atoms with Crippen molar-refractivity contribution in [3.05, 3.63) is 23.4 Å². The average molecular weight is 219 g/mol. The lowest BCUT2D eigenvalue weighted by atomic mass is 9.88. The van der Waals surface area contributed by atoms with Gasteiger partial charge in [0, 0.05) is 12.7 Å². The van der Waals surface area contributed by atoms with Crippen LogP contribution in [-0.4, -0.2) is 23.6 Å². The summed E-state index contributed by atoms with van der Waals surface area (Å²) in [6, 6.07) is 0. The maximum Gasteiger partial charge on any atom is 0.234 e. The number of nitrogens with zero attached hydrogens (tertiary/aromatic N) is 1. The molecule has 1 amide bonds. The highest BCUT2D eigenvalue weighted by molar-refractivity contribution is 5.98. The SMILES string of the molecule is CC(C)CC1C(=O)N(C)C2=C1C=CC(=O)C2. The first-order valence-electron chi connectivity index (χ1n) is 5.72. The summed E-state index contributed by atoms with van der Waals surface area (Å²) >= 11 is 0. The fourth-order valence-electron chi connectivity index (χ4n) is 2.43. The van der Waals surface area contributed by atoms with Crippen LogP contribution in [0.25, 0.3) is 0 Å². The van der Waals surface area contributed by atoms with E-state index in [-0.39, 0.29) is 17.6 Å². The van der Waals surface area contributed by atoms with Crippen molar-refractivity contribution in [2.45, 2.75) is 26.7 Å². The first-order valence-corrected chi connectivity index (χ1v) is 5.72. The third kappa shape index (κ3) is 1.70. The van der Waals surface area contributed by atoms with E-state index in [9.17, 15) is 9.59 Å². The molecule has 2 aliphatic rings. The van der Waals surface area contributed by atoms with Crippen molar-refractivity contribution in [3.8, 4) is 0 Å². The van der Waals surface area contributed by atoms with Crippen molar-refractivity contribution in [3.63, 3.8) is 0 Å². The largest absolute Gasteiger partial charge is 0.318 e. The second-order valence-corrected chi connectivity index (χ2v) is 4.96. The summed E-state index contributed by atoms with van der Waals surface area (Å²) in [7, 11) is 1.77. The van der Waals surface area contributed by atoms with Crippen molar-refractivity contribution in [2.75, 3.05) is 7.05 Å². The lowest BCUT2D eigenvalue weighted by Gasteiger charge is -2.15. The molecule has 1 aliphatic heterocycles. The fourth-order valence-corrected chi connectivity index (χ4v) is 2.43. The number of hydrogen-bond acceptors (Lipinski definition) is 2. The van der Waals surface area contributed by atoms with E-state index in [1.807, 2.05) is 6.08 Å². The van der Waals surface area contributed by atoms with E-state index in [0.717, 1.165) is 17.7 Å². The van der Waals surface area contributed by atoms with E-state index in [4.69, 9.17) is 0 Å². The zero-order chi connectivity index (χ0) is 11.9. The molecule has 86 valence electrons. The van der Waals surface area contributed by atoms with Crippen molar-refractivity contribution < 1.29 is 9.59 Å². The minimum Gasteiger partial charge on any atom is -0.318 e. The highest BCUT2D eigenvalue weighted by Gasteiger charge is 2.38. The van der Waals surface area contributed by atoms with E-state index < -0.39 is 0 Å². The summed E-state index contributed by atoms with van der Waals surface area (Å²) in [5.74, 6) is 0.672. The summed E-state index contributed by atoms with van der Waals surface area (Å²) in [5, 5.41) is 0. The molecule has 0 spiro atoms. The van der Waals surface area contributed by atoms with Crippen molar-refractivity contribution in [1.29, 1.82) is 0 Å². The molecule has 1 heterocycles. The molecule has 0 aromatic carbocycles. The molecule has 3 heteroatoms. The lowest BCUT2D eigenvalue weighted by molar-refractivity contribution is -0.129. The number of carbonyl (C=O) groups is 2. The zero-order valence-electron chi connectivity index (χ0n) is 9.99. The van der Waals surface area contributed by atoms with E-state index in [1.165, 1.54) is 0 Å². The Kier molecular flexibility index (Phi) is 2.70. The average Bonchev–Trinajstić information content (AvgIpc) is 2.43. The van der Waals surface area contributed by atoms with Crippen molar-refractivity contribution >= 4 is 11.7 Å². The summed E-state index contributed by atoms with van der Waals surface area (Å²) < 4.78 is 0. The van der Waals surface area contributed by atoms with Gasteiger partial charge in [-0.15, -0.1) is 0 Å². The summed E-state index contributed by atoms with van der Waals surface area (Å²) in [4.78, 5) is 25.0. The number of hydrogen-bond donors (Lipinski definition) is 0. The molecule has 0 saturated carbocycles. The van der Waals surface area contributed by atoms with Gasteiger partial charge in [0.05, 0.1) is 12.3 Å². The van der Waals surface area contributed by atoms with Crippen molar-refractivity contribution in [1.82, 2.24) is 4.90 Å². The maximum atomic E-state index is 12.1. The van der Waals surface area contributed by atoms with Crippen LogP contribution in [0, 0.1) is 11.8 Å². The molecular formula is C13H17NO2. The molecule has 1 unspecified atom stereocenters. The smallest absolute Gasteiger partial charge is 0.234 e. The standard InChI is InChI=1S/C13H17NO2/c1-8(2)6-11-10-5-4-9(15)7-12(10)14(3)13(11)16/h4-5,8,11H,6-7H2,1-3H3. The van der Waals surface area contributed by atoms with Gasteiger partial charge in [-0.05, 0) is 24.0 Å². The number of amides is 1. The van der Waals surface area contributed by atoms with E-state index >= 15 is 0 Å². The second-order valence-electron chi connectivity index (χ2n) is 4.96. The van der Waals surface area contributed by atoms with Crippen LogP contribution in [-0.2, 0) is 9.59 Å². The third-order valence-electron chi connectivity index (χ3n) is 3.24. The molecule has 1 atom stereocenters. The van der Waals surface area contributed by atoms with Crippen LogP contribution >= 0.6 is 0 Å². The Bertz CT molecular complexity index is 404. The van der Waals surface area contributed by atoms with Gasteiger partial charge in [-0.25, -0.2) is 0 Å². The van der Waals surface area contributed by atoms with E-state index in [2.05, 4.69) is 13.8 Å². The first-order chi connectivity index (χ1) is 7.50.